The highest BCUT2D eigenvalue weighted by atomic mass is 16.5. The number of benzene rings is 4. The number of ether oxygens (including phenoxy) is 8. The van der Waals surface area contributed by atoms with Gasteiger partial charge in [0.25, 0.3) is 11.8 Å². The SMILES string of the molecule is COC1=Nc2cc(OCc3cccc(COc4cc5c(cc4OC)C(=O)N4CC=C(c6ccc(OC)cc6)C[C@H]4C(OC)=N5)n3)c(OC)cc2C(=O)N2CC=C(c3ccc(OC)cc3)C[C@@H]12. The lowest BCUT2D eigenvalue weighted by Gasteiger charge is -2.34. The maximum atomic E-state index is 14.1. The molecule has 0 bridgehead atoms. The lowest BCUT2D eigenvalue weighted by molar-refractivity contribution is 0.0725. The molecule has 0 saturated heterocycles. The van der Waals surface area contributed by atoms with Crippen LogP contribution in [0, 0.1) is 0 Å². The minimum absolute atomic E-state index is 0.0766. The molecule has 338 valence electrons. The number of carbonyl (C=O) groups excluding carboxylic acids is 2. The van der Waals surface area contributed by atoms with Gasteiger partial charge in [0.2, 0.25) is 11.8 Å². The zero-order chi connectivity index (χ0) is 45.9. The molecule has 0 spiro atoms. The number of pyridine rings is 1. The van der Waals surface area contributed by atoms with Crippen molar-refractivity contribution in [1.82, 2.24) is 14.8 Å². The van der Waals surface area contributed by atoms with Crippen LogP contribution < -0.4 is 28.4 Å². The summed E-state index contributed by atoms with van der Waals surface area (Å²) < 4.78 is 46.4. The highest BCUT2D eigenvalue weighted by Gasteiger charge is 2.39. The van der Waals surface area contributed by atoms with E-state index in [2.05, 4.69) is 12.2 Å². The predicted octanol–water partition coefficient (Wildman–Crippen LogP) is 8.25. The average Bonchev–Trinajstić information content (AvgIpc) is 3.56. The summed E-state index contributed by atoms with van der Waals surface area (Å²) in [6.07, 6.45) is 5.18. The van der Waals surface area contributed by atoms with Gasteiger partial charge in [-0.1, -0.05) is 42.5 Å². The van der Waals surface area contributed by atoms with Crippen LogP contribution >= 0.6 is 0 Å². The lowest BCUT2D eigenvalue weighted by Crippen LogP contribution is -2.46. The van der Waals surface area contributed by atoms with Crippen LogP contribution in [-0.2, 0) is 22.7 Å². The molecule has 0 aliphatic carbocycles. The number of nitrogens with zero attached hydrogens (tertiary/aromatic N) is 5. The maximum absolute atomic E-state index is 14.1. The summed E-state index contributed by atoms with van der Waals surface area (Å²) in [5.41, 5.74) is 7.06. The third kappa shape index (κ3) is 8.47. The monoisotopic (exact) mass is 891 g/mol. The van der Waals surface area contributed by atoms with E-state index in [1.165, 1.54) is 14.2 Å². The van der Waals surface area contributed by atoms with Crippen LogP contribution in [0.5, 0.6) is 34.5 Å². The second-order valence-electron chi connectivity index (χ2n) is 15.8. The van der Waals surface area contributed by atoms with Crippen LogP contribution in [0.1, 0.15) is 56.1 Å². The second-order valence-corrected chi connectivity index (χ2v) is 15.8. The molecule has 4 aliphatic heterocycles. The fourth-order valence-electron chi connectivity index (χ4n) is 8.67. The molecule has 15 heteroatoms. The molecule has 0 fully saturated rings. The number of carbonyl (C=O) groups is 2. The van der Waals surface area contributed by atoms with Crippen molar-refractivity contribution in [3.05, 3.63) is 137 Å². The Hall–Kier alpha value is -7.81. The number of rotatable bonds is 12. The molecule has 4 aliphatic rings. The fourth-order valence-corrected chi connectivity index (χ4v) is 8.67. The van der Waals surface area contributed by atoms with Gasteiger partial charge in [-0.3, -0.25) is 14.6 Å². The van der Waals surface area contributed by atoms with Gasteiger partial charge in [-0.05, 0) is 70.8 Å². The Morgan fingerprint density at radius 3 is 1.32 bits per heavy atom. The van der Waals surface area contributed by atoms with Crippen molar-refractivity contribution in [2.24, 2.45) is 9.98 Å². The van der Waals surface area contributed by atoms with Gasteiger partial charge in [0, 0.05) is 38.1 Å². The Balaban J connectivity index is 0.903. The topological polar surface area (TPSA) is 152 Å². The normalized spacial score (nSPS) is 17.5. The predicted molar refractivity (Wildman–Crippen MR) is 248 cm³/mol. The van der Waals surface area contributed by atoms with Crippen LogP contribution in [0.15, 0.2) is 113 Å². The zero-order valence-corrected chi connectivity index (χ0v) is 37.5. The number of amides is 2. The first-order valence-electron chi connectivity index (χ1n) is 21.4. The largest absolute Gasteiger partial charge is 0.497 e. The summed E-state index contributed by atoms with van der Waals surface area (Å²) in [6, 6.07) is 27.2. The van der Waals surface area contributed by atoms with E-state index in [4.69, 9.17) is 52.9 Å². The van der Waals surface area contributed by atoms with Gasteiger partial charge >= 0.3 is 0 Å². The average molecular weight is 892 g/mol. The van der Waals surface area contributed by atoms with E-state index in [0.29, 0.717) is 94.6 Å². The van der Waals surface area contributed by atoms with Crippen molar-refractivity contribution in [1.29, 1.82) is 0 Å². The van der Waals surface area contributed by atoms with Crippen molar-refractivity contribution in [3.8, 4) is 34.5 Å². The summed E-state index contributed by atoms with van der Waals surface area (Å²) in [4.78, 5) is 46.3. The third-order valence-corrected chi connectivity index (χ3v) is 12.2. The number of fused-ring (bicyclic) bond motifs is 4. The second kappa shape index (κ2) is 18.7. The van der Waals surface area contributed by atoms with Gasteiger partial charge in [0.15, 0.2) is 23.0 Å². The number of aliphatic imine (C=N–C) groups is 2. The Morgan fingerprint density at radius 2 is 0.939 bits per heavy atom. The van der Waals surface area contributed by atoms with Crippen LogP contribution in [0.2, 0.25) is 0 Å². The van der Waals surface area contributed by atoms with Crippen LogP contribution in [0.3, 0.4) is 0 Å². The minimum atomic E-state index is -0.412. The van der Waals surface area contributed by atoms with Crippen LogP contribution in [0.4, 0.5) is 11.4 Å². The molecule has 15 nitrogen and oxygen atoms in total. The number of hydrogen-bond acceptors (Lipinski definition) is 13. The molecule has 5 aromatic rings. The van der Waals surface area contributed by atoms with E-state index in [1.807, 2.05) is 66.7 Å². The number of hydrogen-bond donors (Lipinski definition) is 0. The molecule has 0 N–H and O–H groups in total. The maximum Gasteiger partial charge on any atom is 0.257 e. The van der Waals surface area contributed by atoms with E-state index in [1.54, 1.807) is 62.5 Å². The van der Waals surface area contributed by atoms with Crippen LogP contribution in [-0.4, -0.2) is 106 Å². The van der Waals surface area contributed by atoms with Crippen LogP contribution in [0.25, 0.3) is 11.1 Å². The molecule has 1 aromatic heterocycles. The summed E-state index contributed by atoms with van der Waals surface area (Å²) >= 11 is 0. The fraction of sp³-hybridized carbons (Fsp3) is 0.275. The van der Waals surface area contributed by atoms with E-state index in [0.717, 1.165) is 33.8 Å². The van der Waals surface area contributed by atoms with Crippen molar-refractivity contribution >= 4 is 46.1 Å². The number of aromatic nitrogens is 1. The molecule has 66 heavy (non-hydrogen) atoms. The van der Waals surface area contributed by atoms with Gasteiger partial charge in [-0.25, -0.2) is 9.98 Å². The van der Waals surface area contributed by atoms with Crippen molar-refractivity contribution < 1.29 is 47.5 Å². The highest BCUT2D eigenvalue weighted by molar-refractivity contribution is 6.07. The molecule has 9 rings (SSSR count). The summed E-state index contributed by atoms with van der Waals surface area (Å²) in [6.45, 7) is 0.913. The highest BCUT2D eigenvalue weighted by Crippen LogP contribution is 2.42. The minimum Gasteiger partial charge on any atom is -0.497 e. The molecule has 0 unspecified atom stereocenters. The van der Waals surface area contributed by atoms with Crippen molar-refractivity contribution in [3.63, 3.8) is 0 Å². The first-order chi connectivity index (χ1) is 32.2. The quantitative estimate of drug-likeness (QED) is 0.119. The first-order valence-corrected chi connectivity index (χ1v) is 21.4. The Bertz CT molecular complexity index is 2610. The molecule has 2 amide bonds. The molecular weight excluding hydrogens is 843 g/mol. The summed E-state index contributed by atoms with van der Waals surface area (Å²) in [5.74, 6) is 3.51. The van der Waals surface area contributed by atoms with Crippen molar-refractivity contribution in [2.75, 3.05) is 55.7 Å². The Labute approximate surface area is 382 Å². The smallest absolute Gasteiger partial charge is 0.257 e. The number of methoxy groups -OCH3 is 6. The third-order valence-electron chi connectivity index (χ3n) is 12.2. The zero-order valence-electron chi connectivity index (χ0n) is 37.5. The summed E-state index contributed by atoms with van der Waals surface area (Å²) in [5, 5.41) is 0. The van der Waals surface area contributed by atoms with E-state index in [-0.39, 0.29) is 25.0 Å². The molecular formula is C51H49N5O10. The Kier molecular flexibility index (Phi) is 12.3. The molecule has 5 heterocycles. The van der Waals surface area contributed by atoms with Gasteiger partial charge in [0.05, 0.1) is 76.5 Å². The van der Waals surface area contributed by atoms with Gasteiger partial charge < -0.3 is 47.7 Å². The molecule has 2 atom stereocenters. The first kappa shape index (κ1) is 43.4. The van der Waals surface area contributed by atoms with Crippen molar-refractivity contribution in [2.45, 2.75) is 38.1 Å². The van der Waals surface area contributed by atoms with Gasteiger partial charge in [-0.2, -0.15) is 0 Å². The van der Waals surface area contributed by atoms with Gasteiger partial charge in [-0.15, -0.1) is 0 Å². The van der Waals surface area contributed by atoms with Gasteiger partial charge in [0.1, 0.15) is 36.8 Å². The molecule has 0 radical (unpaired) electrons. The van der Waals surface area contributed by atoms with E-state index in [9.17, 15) is 9.59 Å². The Morgan fingerprint density at radius 1 is 0.515 bits per heavy atom. The molecule has 0 saturated carbocycles. The lowest BCUT2D eigenvalue weighted by atomic mass is 9.93. The summed E-state index contributed by atoms with van der Waals surface area (Å²) in [7, 11) is 9.46. The standard InChI is InChI=1S/C51H49N5O10/c1-59-36-14-10-30(11-15-36)32-18-20-55-42(22-32)48(63-5)53-40-26-46(44(61-3)24-38(40)50(55)57)65-28-34-8-7-9-35(52-34)29-66-47-27-41-39(25-45(47)62-4)51(58)56-21-19-33(23-43(56)49(54-41)64-6)31-12-16-37(60-2)17-13-31/h7-19,24-27,42-43H,20-23,28-29H2,1-6H3/t42-,43-/m0/s1. The molecule has 4 aromatic carbocycles. The van der Waals surface area contributed by atoms with E-state index < -0.39 is 12.1 Å². The van der Waals surface area contributed by atoms with E-state index >= 15 is 0 Å².